The van der Waals surface area contributed by atoms with Crippen molar-refractivity contribution in [2.75, 3.05) is 18.0 Å². The summed E-state index contributed by atoms with van der Waals surface area (Å²) in [5.74, 6) is 1.59. The number of aromatic amines is 1. The van der Waals surface area contributed by atoms with Crippen LogP contribution in [0.3, 0.4) is 0 Å². The third kappa shape index (κ3) is 2.64. The Labute approximate surface area is 128 Å². The van der Waals surface area contributed by atoms with Gasteiger partial charge in [-0.3, -0.25) is 4.90 Å². The van der Waals surface area contributed by atoms with Gasteiger partial charge in [0.25, 0.3) is 5.82 Å². The predicted octanol–water partition coefficient (Wildman–Crippen LogP) is 3.36. The average molecular weight is 284 g/mol. The molecule has 0 bridgehead atoms. The quantitative estimate of drug-likeness (QED) is 0.835. The fourth-order valence-corrected chi connectivity index (χ4v) is 3.85. The van der Waals surface area contributed by atoms with Crippen LogP contribution in [0.15, 0.2) is 0 Å². The van der Waals surface area contributed by atoms with E-state index < -0.39 is 0 Å². The van der Waals surface area contributed by atoms with Crippen molar-refractivity contribution < 1.29 is 4.98 Å². The number of anilines is 1. The topological polar surface area (TPSA) is 41.2 Å². The molecule has 1 saturated heterocycles. The number of aromatic nitrogens is 1. The number of hydrogen-bond donors (Lipinski definition) is 0. The van der Waals surface area contributed by atoms with E-state index in [1.54, 1.807) is 0 Å². The van der Waals surface area contributed by atoms with E-state index in [-0.39, 0.29) is 0 Å². The second-order valence-electron chi connectivity index (χ2n) is 6.74. The Kier molecular flexibility index (Phi) is 4.14. The summed E-state index contributed by atoms with van der Waals surface area (Å²) in [4.78, 5) is 6.07. The maximum absolute atomic E-state index is 9.74. The maximum Gasteiger partial charge on any atom is 0.293 e. The van der Waals surface area contributed by atoms with Crippen LogP contribution in [0.4, 0.5) is 5.82 Å². The molecule has 0 aromatic carbocycles. The summed E-state index contributed by atoms with van der Waals surface area (Å²) in [5.41, 5.74) is 5.07. The van der Waals surface area contributed by atoms with Gasteiger partial charge in [0.15, 0.2) is 0 Å². The van der Waals surface area contributed by atoms with Gasteiger partial charge in [-0.15, -0.1) is 0 Å². The second-order valence-corrected chi connectivity index (χ2v) is 6.74. The highest BCUT2D eigenvalue weighted by atomic mass is 15.2. The largest absolute Gasteiger partial charge is 0.293 e. The Morgan fingerprint density at radius 1 is 1.00 bits per heavy atom. The van der Waals surface area contributed by atoms with Crippen LogP contribution in [0, 0.1) is 11.3 Å². The smallest absolute Gasteiger partial charge is 0.261 e. The first kappa shape index (κ1) is 14.4. The van der Waals surface area contributed by atoms with E-state index in [1.165, 1.54) is 48.9 Å². The highest BCUT2D eigenvalue weighted by Crippen LogP contribution is 2.33. The molecule has 3 rings (SSSR count). The lowest BCUT2D eigenvalue weighted by Crippen LogP contribution is -2.37. The van der Waals surface area contributed by atoms with Gasteiger partial charge in [-0.25, -0.2) is 4.98 Å². The zero-order valence-corrected chi connectivity index (χ0v) is 13.3. The molecule has 0 saturated carbocycles. The van der Waals surface area contributed by atoms with Crippen molar-refractivity contribution in [3.05, 3.63) is 22.4 Å². The molecule has 0 atom stereocenters. The van der Waals surface area contributed by atoms with E-state index in [0.717, 1.165) is 37.3 Å². The highest BCUT2D eigenvalue weighted by Gasteiger charge is 2.30. The van der Waals surface area contributed by atoms with Crippen molar-refractivity contribution >= 4 is 5.82 Å². The second kappa shape index (κ2) is 6.05. The third-order valence-corrected chi connectivity index (χ3v) is 4.95. The number of hydrogen-bond acceptors (Lipinski definition) is 2. The van der Waals surface area contributed by atoms with Crippen molar-refractivity contribution in [3.8, 4) is 6.07 Å². The molecule has 2 aliphatic rings. The lowest BCUT2D eigenvalue weighted by molar-refractivity contribution is -0.380. The van der Waals surface area contributed by atoms with Gasteiger partial charge in [-0.2, -0.15) is 5.26 Å². The fraction of sp³-hybridized carbons (Fsp3) is 0.667. The lowest BCUT2D eigenvalue weighted by atomic mass is 9.85. The fourth-order valence-electron chi connectivity index (χ4n) is 3.85. The summed E-state index contributed by atoms with van der Waals surface area (Å²) >= 11 is 0. The third-order valence-electron chi connectivity index (χ3n) is 4.95. The summed E-state index contributed by atoms with van der Waals surface area (Å²) in [6.45, 7) is 6.68. The standard InChI is InChI=1S/C18H25N3/c1-13(2)17-15-9-5-4-8-14(15)16(12-19)18(20-17)21-10-6-3-7-11-21/h13H,3-11H2,1-2H3/p+1. The van der Waals surface area contributed by atoms with Gasteiger partial charge in [-0.05, 0) is 56.1 Å². The van der Waals surface area contributed by atoms with Gasteiger partial charge in [0.05, 0.1) is 13.1 Å². The summed E-state index contributed by atoms with van der Waals surface area (Å²) in [6.07, 6.45) is 8.50. The summed E-state index contributed by atoms with van der Waals surface area (Å²) in [5, 5.41) is 9.74. The number of rotatable bonds is 2. The summed E-state index contributed by atoms with van der Waals surface area (Å²) < 4.78 is 0. The minimum atomic E-state index is 0.494. The summed E-state index contributed by atoms with van der Waals surface area (Å²) in [7, 11) is 0. The van der Waals surface area contributed by atoms with Crippen LogP contribution < -0.4 is 9.88 Å². The minimum Gasteiger partial charge on any atom is -0.261 e. The van der Waals surface area contributed by atoms with Gasteiger partial charge in [-0.1, -0.05) is 13.8 Å². The molecule has 0 spiro atoms. The van der Waals surface area contributed by atoms with Crippen LogP contribution in [0.25, 0.3) is 0 Å². The van der Waals surface area contributed by atoms with Crippen LogP contribution in [0.2, 0.25) is 0 Å². The first-order valence-electron chi connectivity index (χ1n) is 8.48. The Bertz CT molecular complexity index is 563. The van der Waals surface area contributed by atoms with Crippen LogP contribution in [0.5, 0.6) is 0 Å². The first-order chi connectivity index (χ1) is 10.2. The number of piperidine rings is 1. The number of nitrogens with one attached hydrogen (secondary N) is 1. The molecule has 3 heteroatoms. The van der Waals surface area contributed by atoms with Crippen LogP contribution in [-0.4, -0.2) is 13.1 Å². The normalized spacial score (nSPS) is 18.5. The van der Waals surface area contributed by atoms with Gasteiger partial charge < -0.3 is 0 Å². The maximum atomic E-state index is 9.74. The molecule has 0 unspecified atom stereocenters. The SMILES string of the molecule is CC(C)c1[nH+]c(N2CCCCC2)c(C#N)c2c1CCCC2. The predicted molar refractivity (Wildman–Crippen MR) is 84.5 cm³/mol. The number of pyridine rings is 1. The highest BCUT2D eigenvalue weighted by molar-refractivity contribution is 5.58. The monoisotopic (exact) mass is 284 g/mol. The number of nitriles is 1. The van der Waals surface area contributed by atoms with E-state index in [2.05, 4.69) is 29.8 Å². The van der Waals surface area contributed by atoms with Crippen molar-refractivity contribution in [2.24, 2.45) is 0 Å². The van der Waals surface area contributed by atoms with Crippen molar-refractivity contribution in [2.45, 2.75) is 64.7 Å². The molecule has 1 fully saturated rings. The van der Waals surface area contributed by atoms with Crippen molar-refractivity contribution in [3.63, 3.8) is 0 Å². The Balaban J connectivity index is 2.14. The number of fused-ring (bicyclic) bond motifs is 1. The molecule has 1 aliphatic heterocycles. The van der Waals surface area contributed by atoms with Crippen LogP contribution in [-0.2, 0) is 12.8 Å². The van der Waals surface area contributed by atoms with Gasteiger partial charge >= 0.3 is 0 Å². The van der Waals surface area contributed by atoms with Crippen LogP contribution >= 0.6 is 0 Å². The number of nitrogens with zero attached hydrogens (tertiary/aromatic N) is 2. The van der Waals surface area contributed by atoms with Gasteiger partial charge in [0.2, 0.25) is 0 Å². The molecule has 3 nitrogen and oxygen atoms in total. The van der Waals surface area contributed by atoms with E-state index in [9.17, 15) is 5.26 Å². The number of H-pyrrole nitrogens is 1. The summed E-state index contributed by atoms with van der Waals surface area (Å²) in [6, 6.07) is 2.51. The lowest BCUT2D eigenvalue weighted by Gasteiger charge is -2.26. The van der Waals surface area contributed by atoms with Crippen molar-refractivity contribution in [1.82, 2.24) is 0 Å². The zero-order chi connectivity index (χ0) is 14.8. The molecular weight excluding hydrogens is 258 g/mol. The van der Waals surface area contributed by atoms with Gasteiger partial charge in [0, 0.05) is 5.92 Å². The molecule has 0 amide bonds. The Morgan fingerprint density at radius 2 is 1.67 bits per heavy atom. The average Bonchev–Trinajstić information content (AvgIpc) is 2.53. The first-order valence-corrected chi connectivity index (χ1v) is 8.48. The zero-order valence-electron chi connectivity index (χ0n) is 13.3. The molecule has 1 aliphatic carbocycles. The van der Waals surface area contributed by atoms with Crippen LogP contribution in [0.1, 0.15) is 74.3 Å². The molecular formula is C18H26N3+. The Morgan fingerprint density at radius 3 is 2.29 bits per heavy atom. The van der Waals surface area contributed by atoms with E-state index in [4.69, 9.17) is 0 Å². The molecule has 21 heavy (non-hydrogen) atoms. The molecule has 1 aromatic heterocycles. The molecule has 2 heterocycles. The van der Waals surface area contributed by atoms with E-state index in [1.807, 2.05) is 0 Å². The van der Waals surface area contributed by atoms with E-state index >= 15 is 0 Å². The minimum absolute atomic E-state index is 0.494. The van der Waals surface area contributed by atoms with Crippen molar-refractivity contribution in [1.29, 1.82) is 5.26 Å². The molecule has 112 valence electrons. The molecule has 0 radical (unpaired) electrons. The van der Waals surface area contributed by atoms with Gasteiger partial charge in [0.1, 0.15) is 17.3 Å². The van der Waals surface area contributed by atoms with E-state index in [0.29, 0.717) is 5.92 Å². The Hall–Kier alpha value is -1.56. The molecule has 1 aromatic rings. The molecule has 1 N–H and O–H groups in total.